The number of hydrogen-bond donors (Lipinski definition) is 1. The Kier molecular flexibility index (Phi) is 5.25. The predicted octanol–water partition coefficient (Wildman–Crippen LogP) is 3.83. The van der Waals surface area contributed by atoms with Crippen molar-refractivity contribution in [3.05, 3.63) is 63.9 Å². The van der Waals surface area contributed by atoms with Crippen LogP contribution in [0.2, 0.25) is 0 Å². The molecule has 0 aliphatic heterocycles. The Labute approximate surface area is 132 Å². The summed E-state index contributed by atoms with van der Waals surface area (Å²) in [7, 11) is 0. The molecule has 4 nitrogen and oxygen atoms in total. The third-order valence-corrected chi connectivity index (χ3v) is 3.51. The van der Waals surface area contributed by atoms with Crippen molar-refractivity contribution < 1.29 is 4.79 Å². The molecule has 22 heavy (non-hydrogen) atoms. The smallest absolute Gasteiger partial charge is 0.248 e. The lowest BCUT2D eigenvalue weighted by Gasteiger charge is -2.02. The van der Waals surface area contributed by atoms with Gasteiger partial charge >= 0.3 is 0 Å². The molecule has 1 aromatic carbocycles. The van der Waals surface area contributed by atoms with Crippen LogP contribution in [0, 0.1) is 22.7 Å². The first-order chi connectivity index (χ1) is 10.7. The van der Waals surface area contributed by atoms with Crippen LogP contribution in [-0.2, 0) is 4.79 Å². The molecule has 106 valence electrons. The summed E-state index contributed by atoms with van der Waals surface area (Å²) in [4.78, 5) is 12.8. The van der Waals surface area contributed by atoms with Gasteiger partial charge in [-0.15, -0.1) is 11.3 Å². The molecular weight excluding hydrogens is 294 g/mol. The molecule has 0 aliphatic rings. The van der Waals surface area contributed by atoms with E-state index in [0.29, 0.717) is 5.69 Å². The number of carbonyl (C=O) groups is 1. The number of nitrogens with zero attached hydrogens (tertiary/aromatic N) is 2. The lowest BCUT2D eigenvalue weighted by Crippen LogP contribution is -2.07. The average molecular weight is 305 g/mol. The number of rotatable bonds is 4. The van der Waals surface area contributed by atoms with E-state index in [1.54, 1.807) is 53.8 Å². The Balaban J connectivity index is 2.00. The summed E-state index contributed by atoms with van der Waals surface area (Å²) in [6.45, 7) is 0. The van der Waals surface area contributed by atoms with Crippen LogP contribution in [0.3, 0.4) is 0 Å². The predicted molar refractivity (Wildman–Crippen MR) is 87.6 cm³/mol. The summed E-state index contributed by atoms with van der Waals surface area (Å²) in [5.41, 5.74) is 1.41. The van der Waals surface area contributed by atoms with Crippen LogP contribution in [0.1, 0.15) is 10.4 Å². The van der Waals surface area contributed by atoms with Gasteiger partial charge in [0, 0.05) is 16.6 Å². The summed E-state index contributed by atoms with van der Waals surface area (Å²) >= 11 is 1.56. The van der Waals surface area contributed by atoms with Gasteiger partial charge in [0.1, 0.15) is 17.7 Å². The highest BCUT2D eigenvalue weighted by molar-refractivity contribution is 7.10. The molecule has 0 atom stereocenters. The maximum Gasteiger partial charge on any atom is 0.248 e. The zero-order valence-corrected chi connectivity index (χ0v) is 12.3. The maximum atomic E-state index is 11.8. The summed E-state index contributed by atoms with van der Waals surface area (Å²) in [6.07, 6.45) is 4.72. The third-order valence-electron chi connectivity index (χ3n) is 2.67. The summed E-state index contributed by atoms with van der Waals surface area (Å²) < 4.78 is 0. The van der Waals surface area contributed by atoms with Crippen LogP contribution in [0.15, 0.2) is 53.4 Å². The van der Waals surface area contributed by atoms with Gasteiger partial charge in [0.05, 0.1) is 0 Å². The topological polar surface area (TPSA) is 76.7 Å². The minimum atomic E-state index is -0.216. The van der Waals surface area contributed by atoms with E-state index < -0.39 is 0 Å². The molecule has 5 heteroatoms. The van der Waals surface area contributed by atoms with E-state index in [9.17, 15) is 4.79 Å². The first-order valence-corrected chi connectivity index (χ1v) is 7.24. The van der Waals surface area contributed by atoms with E-state index in [4.69, 9.17) is 10.5 Å². The molecular formula is C17H11N3OS. The molecule has 2 aromatic rings. The van der Waals surface area contributed by atoms with Crippen molar-refractivity contribution in [2.45, 2.75) is 0 Å². The number of benzene rings is 1. The molecule has 1 aromatic heterocycles. The Morgan fingerprint density at radius 3 is 2.45 bits per heavy atom. The molecule has 1 heterocycles. The zero-order chi connectivity index (χ0) is 15.8. The van der Waals surface area contributed by atoms with Crippen molar-refractivity contribution >= 4 is 35.1 Å². The van der Waals surface area contributed by atoms with Crippen molar-refractivity contribution in [1.29, 1.82) is 10.5 Å². The maximum absolute atomic E-state index is 11.8. The SMILES string of the molecule is N#CC(C#N)=Cc1ccc(NC(=O)C=Cc2cccs2)cc1. The molecule has 0 radical (unpaired) electrons. The van der Waals surface area contributed by atoms with E-state index in [0.717, 1.165) is 10.4 Å². The number of carbonyl (C=O) groups excluding carboxylic acids is 1. The van der Waals surface area contributed by atoms with Crippen molar-refractivity contribution in [1.82, 2.24) is 0 Å². The zero-order valence-electron chi connectivity index (χ0n) is 11.5. The largest absolute Gasteiger partial charge is 0.323 e. The van der Waals surface area contributed by atoms with Gasteiger partial charge in [-0.2, -0.15) is 10.5 Å². The van der Waals surface area contributed by atoms with Crippen molar-refractivity contribution in [3.8, 4) is 12.1 Å². The van der Waals surface area contributed by atoms with Gasteiger partial charge < -0.3 is 5.32 Å². The molecule has 1 N–H and O–H groups in total. The van der Waals surface area contributed by atoms with Gasteiger partial charge in [-0.3, -0.25) is 4.79 Å². The molecule has 2 rings (SSSR count). The van der Waals surface area contributed by atoms with Crippen LogP contribution in [0.25, 0.3) is 12.2 Å². The van der Waals surface area contributed by atoms with Gasteiger partial charge in [0.25, 0.3) is 0 Å². The minimum Gasteiger partial charge on any atom is -0.323 e. The normalized spacial score (nSPS) is 9.73. The first-order valence-electron chi connectivity index (χ1n) is 6.36. The Bertz CT molecular complexity index is 772. The van der Waals surface area contributed by atoms with E-state index in [2.05, 4.69) is 5.32 Å². The summed E-state index contributed by atoms with van der Waals surface area (Å²) in [5, 5.41) is 22.1. The van der Waals surface area contributed by atoms with E-state index in [1.165, 1.54) is 12.2 Å². The summed E-state index contributed by atoms with van der Waals surface area (Å²) in [5.74, 6) is -0.216. The molecule has 0 aliphatic carbocycles. The van der Waals surface area contributed by atoms with Crippen molar-refractivity contribution in [3.63, 3.8) is 0 Å². The lowest BCUT2D eigenvalue weighted by molar-refractivity contribution is -0.111. The fourth-order valence-corrected chi connectivity index (χ4v) is 2.26. The molecule has 0 saturated heterocycles. The number of hydrogen-bond acceptors (Lipinski definition) is 4. The van der Waals surface area contributed by atoms with Gasteiger partial charge in [0.15, 0.2) is 0 Å². The highest BCUT2D eigenvalue weighted by Gasteiger charge is 1.99. The van der Waals surface area contributed by atoms with Crippen LogP contribution < -0.4 is 5.32 Å². The number of allylic oxidation sites excluding steroid dienone is 1. The van der Waals surface area contributed by atoms with E-state index in [-0.39, 0.29) is 11.5 Å². The molecule has 0 bridgehead atoms. The van der Waals surface area contributed by atoms with Crippen LogP contribution in [0.4, 0.5) is 5.69 Å². The number of nitrogens with one attached hydrogen (secondary N) is 1. The van der Waals surface area contributed by atoms with Crippen molar-refractivity contribution in [2.75, 3.05) is 5.32 Å². The summed E-state index contributed by atoms with van der Waals surface area (Å²) in [6, 6.07) is 14.3. The van der Waals surface area contributed by atoms with Gasteiger partial charge in [-0.25, -0.2) is 0 Å². The second kappa shape index (κ2) is 7.58. The van der Waals surface area contributed by atoms with Crippen LogP contribution in [-0.4, -0.2) is 5.91 Å². The minimum absolute atomic E-state index is 0.0377. The first kappa shape index (κ1) is 15.2. The Morgan fingerprint density at radius 1 is 1.14 bits per heavy atom. The molecule has 0 spiro atoms. The Hall–Kier alpha value is -3.15. The molecule has 0 fully saturated rings. The van der Waals surface area contributed by atoms with Gasteiger partial charge in [-0.05, 0) is 41.3 Å². The molecule has 0 saturated carbocycles. The fourth-order valence-electron chi connectivity index (χ4n) is 1.65. The fraction of sp³-hybridized carbons (Fsp3) is 0. The quantitative estimate of drug-likeness (QED) is 0.689. The Morgan fingerprint density at radius 2 is 1.86 bits per heavy atom. The van der Waals surface area contributed by atoms with E-state index in [1.807, 2.05) is 17.5 Å². The second-order valence-corrected chi connectivity index (χ2v) is 5.22. The monoisotopic (exact) mass is 305 g/mol. The van der Waals surface area contributed by atoms with Gasteiger partial charge in [0.2, 0.25) is 5.91 Å². The highest BCUT2D eigenvalue weighted by atomic mass is 32.1. The standard InChI is InChI=1S/C17H11N3OS/c18-11-14(12-19)10-13-3-5-15(6-4-13)20-17(21)8-7-16-2-1-9-22-16/h1-10H,(H,20,21). The number of thiophene rings is 1. The lowest BCUT2D eigenvalue weighted by atomic mass is 10.1. The highest BCUT2D eigenvalue weighted by Crippen LogP contribution is 2.13. The van der Waals surface area contributed by atoms with Gasteiger partial charge in [-0.1, -0.05) is 18.2 Å². The number of anilines is 1. The van der Waals surface area contributed by atoms with Crippen LogP contribution in [0.5, 0.6) is 0 Å². The third kappa shape index (κ3) is 4.45. The molecule has 1 amide bonds. The average Bonchev–Trinajstić information content (AvgIpc) is 3.05. The van der Waals surface area contributed by atoms with Crippen molar-refractivity contribution in [2.24, 2.45) is 0 Å². The number of amides is 1. The van der Waals surface area contributed by atoms with E-state index >= 15 is 0 Å². The molecule has 0 unspecified atom stereocenters. The number of nitriles is 2. The second-order valence-electron chi connectivity index (χ2n) is 4.24. The van der Waals surface area contributed by atoms with Crippen LogP contribution >= 0.6 is 11.3 Å².